The lowest BCUT2D eigenvalue weighted by molar-refractivity contribution is 0.143. The molecule has 4 heteroatoms. The number of alkyl carbamates (subject to hydrolysis) is 1. The van der Waals surface area contributed by atoms with Gasteiger partial charge in [0.2, 0.25) is 0 Å². The number of thiocarbonyl (C=S) groups is 1. The second-order valence-corrected chi connectivity index (χ2v) is 5.75. The molecule has 0 heterocycles. The Bertz CT molecular complexity index is 590. The lowest BCUT2D eigenvalue weighted by Crippen LogP contribution is -2.28. The standard InChI is InChI=1S/C18H21NO2S/c1-2-3-7-14-10-11-17(22)16(12-14)19-18(20)21-13-15-8-5-4-6-9-15/h4-6,8-10,12H,2-3,7,11,13H2,1H3,(H,19,20). The molecule has 1 amide bonds. The summed E-state index contributed by atoms with van der Waals surface area (Å²) < 4.78 is 5.23. The van der Waals surface area contributed by atoms with Gasteiger partial charge in [-0.25, -0.2) is 4.79 Å². The number of carbonyl (C=O) groups is 1. The summed E-state index contributed by atoms with van der Waals surface area (Å²) in [5.41, 5.74) is 2.89. The minimum Gasteiger partial charge on any atom is -0.444 e. The van der Waals surface area contributed by atoms with Crippen LogP contribution in [0.2, 0.25) is 0 Å². The SMILES string of the molecule is CCCCC1=CCC(=S)C(NC(=O)OCc2ccccc2)=C1. The minimum atomic E-state index is -0.464. The third-order valence-electron chi connectivity index (χ3n) is 3.45. The Morgan fingerprint density at radius 3 is 2.82 bits per heavy atom. The zero-order valence-electron chi connectivity index (χ0n) is 12.8. The molecule has 0 saturated carbocycles. The molecule has 0 saturated heterocycles. The van der Waals surface area contributed by atoms with Crippen molar-refractivity contribution >= 4 is 23.2 Å². The molecule has 0 aliphatic heterocycles. The molecule has 2 rings (SSSR count). The highest BCUT2D eigenvalue weighted by molar-refractivity contribution is 7.80. The van der Waals surface area contributed by atoms with E-state index in [2.05, 4.69) is 18.3 Å². The maximum atomic E-state index is 11.9. The Labute approximate surface area is 137 Å². The number of nitrogens with one attached hydrogen (secondary N) is 1. The van der Waals surface area contributed by atoms with Crippen LogP contribution in [0, 0.1) is 0 Å². The van der Waals surface area contributed by atoms with Gasteiger partial charge < -0.3 is 4.74 Å². The Morgan fingerprint density at radius 1 is 1.32 bits per heavy atom. The van der Waals surface area contributed by atoms with Crippen LogP contribution in [0.25, 0.3) is 0 Å². The van der Waals surface area contributed by atoms with Crippen LogP contribution in [0.1, 0.15) is 38.2 Å². The molecule has 0 radical (unpaired) electrons. The summed E-state index contributed by atoms with van der Waals surface area (Å²) in [5.74, 6) is 0. The van der Waals surface area contributed by atoms with Crippen LogP contribution in [-0.4, -0.2) is 11.0 Å². The van der Waals surface area contributed by atoms with E-state index in [1.54, 1.807) is 0 Å². The van der Waals surface area contributed by atoms with Gasteiger partial charge in [-0.1, -0.05) is 62.0 Å². The number of unbranched alkanes of at least 4 members (excludes halogenated alkanes) is 1. The summed E-state index contributed by atoms with van der Waals surface area (Å²) in [5, 5.41) is 2.76. The summed E-state index contributed by atoms with van der Waals surface area (Å²) in [7, 11) is 0. The van der Waals surface area contributed by atoms with Gasteiger partial charge in [-0.2, -0.15) is 0 Å². The summed E-state index contributed by atoms with van der Waals surface area (Å²) in [6.07, 6.45) is 7.65. The molecule has 0 bridgehead atoms. The summed E-state index contributed by atoms with van der Waals surface area (Å²) in [6.45, 7) is 2.42. The first-order chi connectivity index (χ1) is 10.7. The second-order valence-electron chi connectivity index (χ2n) is 5.25. The van der Waals surface area contributed by atoms with Gasteiger partial charge in [0.15, 0.2) is 0 Å². The van der Waals surface area contributed by atoms with Gasteiger partial charge in [0, 0.05) is 11.3 Å². The van der Waals surface area contributed by atoms with E-state index in [0.29, 0.717) is 12.1 Å². The lowest BCUT2D eigenvalue weighted by atomic mass is 9.99. The molecular formula is C18H21NO2S. The molecule has 0 spiro atoms. The lowest BCUT2D eigenvalue weighted by Gasteiger charge is -2.16. The van der Waals surface area contributed by atoms with E-state index in [9.17, 15) is 4.79 Å². The summed E-state index contributed by atoms with van der Waals surface area (Å²) in [4.78, 5) is 12.6. The van der Waals surface area contributed by atoms with Gasteiger partial charge in [-0.15, -0.1) is 0 Å². The van der Waals surface area contributed by atoms with Crippen LogP contribution >= 0.6 is 12.2 Å². The molecule has 0 fully saturated rings. The number of ether oxygens (including phenoxy) is 1. The normalized spacial score (nSPS) is 14.1. The molecule has 1 aliphatic carbocycles. The van der Waals surface area contributed by atoms with E-state index in [4.69, 9.17) is 17.0 Å². The van der Waals surface area contributed by atoms with Gasteiger partial charge in [0.05, 0.1) is 5.70 Å². The van der Waals surface area contributed by atoms with E-state index >= 15 is 0 Å². The zero-order chi connectivity index (χ0) is 15.8. The van der Waals surface area contributed by atoms with Gasteiger partial charge in [0.25, 0.3) is 0 Å². The van der Waals surface area contributed by atoms with Crippen LogP contribution < -0.4 is 5.32 Å². The van der Waals surface area contributed by atoms with Crippen molar-refractivity contribution in [2.75, 3.05) is 0 Å². The molecule has 1 aromatic rings. The molecule has 0 aromatic heterocycles. The highest BCUT2D eigenvalue weighted by atomic mass is 32.1. The fraction of sp³-hybridized carbons (Fsp3) is 0.333. The number of hydrogen-bond donors (Lipinski definition) is 1. The smallest absolute Gasteiger partial charge is 0.411 e. The fourth-order valence-electron chi connectivity index (χ4n) is 2.19. The summed E-state index contributed by atoms with van der Waals surface area (Å²) in [6, 6.07) is 9.60. The summed E-state index contributed by atoms with van der Waals surface area (Å²) >= 11 is 5.31. The van der Waals surface area contributed by atoms with Crippen molar-refractivity contribution in [1.29, 1.82) is 0 Å². The Hall–Kier alpha value is -1.94. The highest BCUT2D eigenvalue weighted by Crippen LogP contribution is 2.18. The fourth-order valence-corrected chi connectivity index (χ4v) is 2.38. The third kappa shape index (κ3) is 5.11. The molecule has 116 valence electrons. The van der Waals surface area contributed by atoms with Crippen molar-refractivity contribution in [3.63, 3.8) is 0 Å². The number of benzene rings is 1. The first kappa shape index (κ1) is 16.4. The predicted octanol–water partition coefficient (Wildman–Crippen LogP) is 4.69. The quantitative estimate of drug-likeness (QED) is 0.774. The van der Waals surface area contributed by atoms with E-state index in [0.717, 1.165) is 29.7 Å². The average molecular weight is 315 g/mol. The first-order valence-electron chi connectivity index (χ1n) is 7.60. The van der Waals surface area contributed by atoms with Crippen molar-refractivity contribution < 1.29 is 9.53 Å². The second kappa shape index (κ2) is 8.49. The van der Waals surface area contributed by atoms with Crippen LogP contribution in [-0.2, 0) is 11.3 Å². The Kier molecular flexibility index (Phi) is 6.34. The van der Waals surface area contributed by atoms with E-state index in [1.165, 1.54) is 5.57 Å². The van der Waals surface area contributed by atoms with Crippen molar-refractivity contribution in [1.82, 2.24) is 5.32 Å². The van der Waals surface area contributed by atoms with Crippen molar-refractivity contribution in [3.05, 3.63) is 59.3 Å². The maximum absolute atomic E-state index is 11.9. The predicted molar refractivity (Wildman–Crippen MR) is 92.7 cm³/mol. The first-order valence-corrected chi connectivity index (χ1v) is 8.01. The van der Waals surface area contributed by atoms with Crippen molar-refractivity contribution in [3.8, 4) is 0 Å². The molecule has 0 unspecified atom stereocenters. The largest absolute Gasteiger partial charge is 0.444 e. The monoisotopic (exact) mass is 315 g/mol. The number of rotatable bonds is 6. The van der Waals surface area contributed by atoms with Crippen LogP contribution in [0.4, 0.5) is 4.79 Å². The van der Waals surface area contributed by atoms with E-state index < -0.39 is 6.09 Å². The molecule has 1 aliphatic rings. The number of carbonyl (C=O) groups excluding carboxylic acids is 1. The molecule has 1 N–H and O–H groups in total. The topological polar surface area (TPSA) is 38.3 Å². The molecule has 0 atom stereocenters. The highest BCUT2D eigenvalue weighted by Gasteiger charge is 2.14. The Morgan fingerprint density at radius 2 is 2.09 bits per heavy atom. The van der Waals surface area contributed by atoms with Gasteiger partial charge in [-0.3, -0.25) is 5.32 Å². The van der Waals surface area contributed by atoms with Gasteiger partial charge >= 0.3 is 6.09 Å². The molecular weight excluding hydrogens is 294 g/mol. The minimum absolute atomic E-state index is 0.255. The average Bonchev–Trinajstić information content (AvgIpc) is 2.54. The number of hydrogen-bond acceptors (Lipinski definition) is 3. The Balaban J connectivity index is 1.88. The van der Waals surface area contributed by atoms with Crippen molar-refractivity contribution in [2.45, 2.75) is 39.2 Å². The van der Waals surface area contributed by atoms with Crippen LogP contribution in [0.15, 0.2) is 53.8 Å². The van der Waals surface area contributed by atoms with Gasteiger partial charge in [0.1, 0.15) is 6.61 Å². The van der Waals surface area contributed by atoms with Crippen molar-refractivity contribution in [2.24, 2.45) is 0 Å². The number of allylic oxidation sites excluding steroid dienone is 4. The molecule has 1 aromatic carbocycles. The van der Waals surface area contributed by atoms with Gasteiger partial charge in [-0.05, 0) is 30.1 Å². The van der Waals surface area contributed by atoms with Crippen LogP contribution in [0.5, 0.6) is 0 Å². The van der Waals surface area contributed by atoms with Crippen LogP contribution in [0.3, 0.4) is 0 Å². The van der Waals surface area contributed by atoms with E-state index in [1.807, 2.05) is 36.4 Å². The number of amides is 1. The third-order valence-corrected chi connectivity index (χ3v) is 3.83. The molecule has 22 heavy (non-hydrogen) atoms. The maximum Gasteiger partial charge on any atom is 0.411 e. The zero-order valence-corrected chi connectivity index (χ0v) is 13.6. The molecule has 3 nitrogen and oxygen atoms in total. The van der Waals surface area contributed by atoms with E-state index in [-0.39, 0.29) is 6.61 Å².